The zero-order valence-corrected chi connectivity index (χ0v) is 11.2. The van der Waals surface area contributed by atoms with Gasteiger partial charge in [-0.15, -0.1) is 0 Å². The molecular weight excluding hydrogens is 246 g/mol. The Bertz CT molecular complexity index is 467. The van der Waals surface area contributed by atoms with E-state index in [0.717, 1.165) is 24.9 Å². The molecule has 2 N–H and O–H groups in total. The van der Waals surface area contributed by atoms with E-state index >= 15 is 0 Å². The van der Waals surface area contributed by atoms with Gasteiger partial charge >= 0.3 is 5.97 Å². The Morgan fingerprint density at radius 1 is 1.47 bits per heavy atom. The Hall–Kier alpha value is -1.75. The van der Waals surface area contributed by atoms with Crippen molar-refractivity contribution in [1.82, 2.24) is 5.32 Å². The maximum atomic E-state index is 11.7. The molecule has 1 fully saturated rings. The minimum absolute atomic E-state index is 0.151. The molecule has 0 aromatic heterocycles. The lowest BCUT2D eigenvalue weighted by atomic mass is 10.0. The van der Waals surface area contributed by atoms with Gasteiger partial charge in [0.2, 0.25) is 0 Å². The number of benzene rings is 1. The quantitative estimate of drug-likeness (QED) is 0.807. The Morgan fingerprint density at radius 3 is 2.84 bits per heavy atom. The number of carbonyl (C=O) groups excluding carboxylic acids is 1. The van der Waals surface area contributed by atoms with E-state index in [4.69, 9.17) is 9.47 Å². The van der Waals surface area contributed by atoms with Gasteiger partial charge in [0.1, 0.15) is 17.1 Å². The molecule has 1 aromatic rings. The lowest BCUT2D eigenvalue weighted by molar-refractivity contribution is 0.0597. The monoisotopic (exact) mass is 265 g/mol. The van der Waals surface area contributed by atoms with E-state index in [0.29, 0.717) is 23.8 Å². The van der Waals surface area contributed by atoms with Gasteiger partial charge in [-0.05, 0) is 37.4 Å². The maximum absolute atomic E-state index is 11.7. The van der Waals surface area contributed by atoms with Gasteiger partial charge < -0.3 is 19.9 Å². The minimum atomic E-state index is -0.461. The van der Waals surface area contributed by atoms with Crippen LogP contribution in [0.3, 0.4) is 0 Å². The van der Waals surface area contributed by atoms with Crippen molar-refractivity contribution in [3.05, 3.63) is 23.3 Å². The molecule has 0 saturated carbocycles. The average molecular weight is 265 g/mol. The van der Waals surface area contributed by atoms with Crippen LogP contribution in [0.4, 0.5) is 0 Å². The molecule has 1 aliphatic rings. The molecule has 0 aliphatic carbocycles. The van der Waals surface area contributed by atoms with Crippen LogP contribution in [0.2, 0.25) is 0 Å². The molecule has 1 aromatic carbocycles. The molecule has 1 saturated heterocycles. The molecule has 5 heteroatoms. The molecule has 1 aliphatic heterocycles. The molecule has 0 spiro atoms. The minimum Gasteiger partial charge on any atom is -0.508 e. The van der Waals surface area contributed by atoms with Crippen LogP contribution in [-0.2, 0) is 11.2 Å². The van der Waals surface area contributed by atoms with Crippen LogP contribution in [0.5, 0.6) is 11.5 Å². The van der Waals surface area contributed by atoms with Crippen molar-refractivity contribution >= 4 is 5.97 Å². The van der Waals surface area contributed by atoms with Gasteiger partial charge in [-0.1, -0.05) is 0 Å². The highest BCUT2D eigenvalue weighted by molar-refractivity contribution is 5.93. The van der Waals surface area contributed by atoms with Crippen molar-refractivity contribution in [1.29, 1.82) is 0 Å². The largest absolute Gasteiger partial charge is 0.508 e. The predicted octanol–water partition coefficient (Wildman–Crippen LogP) is 1.48. The van der Waals surface area contributed by atoms with Crippen molar-refractivity contribution in [2.24, 2.45) is 0 Å². The molecular formula is C14H19NO4. The van der Waals surface area contributed by atoms with Gasteiger partial charge in [0, 0.05) is 12.1 Å². The van der Waals surface area contributed by atoms with E-state index in [9.17, 15) is 9.90 Å². The SMILES string of the molecule is COC(=O)c1cc(CC2CCCN2)c(O)cc1OC. The summed E-state index contributed by atoms with van der Waals surface area (Å²) in [6, 6.07) is 3.47. The number of phenolic OH excluding ortho intramolecular Hbond substituents is 1. The van der Waals surface area contributed by atoms with Crippen LogP contribution in [0.15, 0.2) is 12.1 Å². The number of hydrogen-bond donors (Lipinski definition) is 2. The topological polar surface area (TPSA) is 67.8 Å². The molecule has 1 unspecified atom stereocenters. The fourth-order valence-electron chi connectivity index (χ4n) is 2.41. The number of nitrogens with one attached hydrogen (secondary N) is 1. The first kappa shape index (κ1) is 13.7. The highest BCUT2D eigenvalue weighted by Gasteiger charge is 2.20. The Balaban J connectivity index is 2.29. The summed E-state index contributed by atoms with van der Waals surface area (Å²) in [5, 5.41) is 13.4. The summed E-state index contributed by atoms with van der Waals surface area (Å²) in [5.41, 5.74) is 1.08. The summed E-state index contributed by atoms with van der Waals surface area (Å²) < 4.78 is 9.83. The summed E-state index contributed by atoms with van der Waals surface area (Å²) in [4.78, 5) is 11.7. The molecule has 0 radical (unpaired) electrons. The van der Waals surface area contributed by atoms with Gasteiger partial charge in [0.05, 0.1) is 14.2 Å². The summed E-state index contributed by atoms with van der Waals surface area (Å²) in [7, 11) is 2.78. The summed E-state index contributed by atoms with van der Waals surface area (Å²) in [5.74, 6) is 0.0168. The second-order valence-electron chi connectivity index (χ2n) is 4.67. The van der Waals surface area contributed by atoms with Gasteiger partial charge in [-0.2, -0.15) is 0 Å². The maximum Gasteiger partial charge on any atom is 0.341 e. The number of rotatable bonds is 4. The summed E-state index contributed by atoms with van der Waals surface area (Å²) in [6.07, 6.45) is 2.92. The zero-order valence-electron chi connectivity index (χ0n) is 11.2. The van der Waals surface area contributed by atoms with Crippen LogP contribution in [-0.4, -0.2) is 37.9 Å². The normalized spacial score (nSPS) is 18.3. The Kier molecular flexibility index (Phi) is 4.27. The van der Waals surface area contributed by atoms with Crippen LogP contribution in [0.25, 0.3) is 0 Å². The number of esters is 1. The number of carbonyl (C=O) groups is 1. The second kappa shape index (κ2) is 5.93. The average Bonchev–Trinajstić information content (AvgIpc) is 2.92. The lowest BCUT2D eigenvalue weighted by Crippen LogP contribution is -2.23. The van der Waals surface area contributed by atoms with Crippen molar-refractivity contribution < 1.29 is 19.4 Å². The van der Waals surface area contributed by atoms with Gasteiger partial charge in [-0.25, -0.2) is 4.79 Å². The van der Waals surface area contributed by atoms with Gasteiger partial charge in [0.15, 0.2) is 0 Å². The van der Waals surface area contributed by atoms with Crippen LogP contribution in [0, 0.1) is 0 Å². The van der Waals surface area contributed by atoms with E-state index in [1.807, 2.05) is 0 Å². The second-order valence-corrected chi connectivity index (χ2v) is 4.67. The molecule has 0 amide bonds. The van der Waals surface area contributed by atoms with E-state index in [2.05, 4.69) is 5.32 Å². The predicted molar refractivity (Wildman–Crippen MR) is 70.7 cm³/mol. The molecule has 1 heterocycles. The first-order valence-electron chi connectivity index (χ1n) is 6.37. The Morgan fingerprint density at radius 2 is 2.26 bits per heavy atom. The van der Waals surface area contributed by atoms with Crippen molar-refractivity contribution in [3.63, 3.8) is 0 Å². The highest BCUT2D eigenvalue weighted by atomic mass is 16.5. The number of aromatic hydroxyl groups is 1. The lowest BCUT2D eigenvalue weighted by Gasteiger charge is -2.14. The fourth-order valence-corrected chi connectivity index (χ4v) is 2.41. The first-order valence-corrected chi connectivity index (χ1v) is 6.37. The van der Waals surface area contributed by atoms with E-state index in [-0.39, 0.29) is 5.75 Å². The third kappa shape index (κ3) is 2.98. The van der Waals surface area contributed by atoms with Crippen molar-refractivity contribution in [2.75, 3.05) is 20.8 Å². The smallest absolute Gasteiger partial charge is 0.341 e. The van der Waals surface area contributed by atoms with Gasteiger partial charge in [-0.3, -0.25) is 0 Å². The van der Waals surface area contributed by atoms with Crippen LogP contribution >= 0.6 is 0 Å². The molecule has 1 atom stereocenters. The molecule has 104 valence electrons. The standard InChI is InChI=1S/C14H19NO4/c1-18-13-8-12(16)9(6-10-4-3-5-15-10)7-11(13)14(17)19-2/h7-8,10,15-16H,3-6H2,1-2H3. The van der Waals surface area contributed by atoms with Crippen molar-refractivity contribution in [3.8, 4) is 11.5 Å². The molecule has 2 rings (SSSR count). The fraction of sp³-hybridized carbons (Fsp3) is 0.500. The van der Waals surface area contributed by atoms with Crippen molar-refractivity contribution in [2.45, 2.75) is 25.3 Å². The summed E-state index contributed by atoms with van der Waals surface area (Å²) >= 11 is 0. The first-order chi connectivity index (χ1) is 9.15. The van der Waals surface area contributed by atoms with Crippen LogP contribution < -0.4 is 10.1 Å². The number of ether oxygens (including phenoxy) is 2. The zero-order chi connectivity index (χ0) is 13.8. The Labute approximate surface area is 112 Å². The number of phenols is 1. The molecule has 19 heavy (non-hydrogen) atoms. The number of methoxy groups -OCH3 is 2. The van der Waals surface area contributed by atoms with Gasteiger partial charge in [0.25, 0.3) is 0 Å². The summed E-state index contributed by atoms with van der Waals surface area (Å²) in [6.45, 7) is 1.01. The molecule has 0 bridgehead atoms. The molecule has 5 nitrogen and oxygen atoms in total. The number of hydrogen-bond acceptors (Lipinski definition) is 5. The highest BCUT2D eigenvalue weighted by Crippen LogP contribution is 2.30. The van der Waals surface area contributed by atoms with E-state index in [1.54, 1.807) is 6.07 Å². The van der Waals surface area contributed by atoms with E-state index in [1.165, 1.54) is 20.3 Å². The third-order valence-electron chi connectivity index (χ3n) is 3.43. The van der Waals surface area contributed by atoms with Crippen LogP contribution in [0.1, 0.15) is 28.8 Å². The van der Waals surface area contributed by atoms with E-state index < -0.39 is 5.97 Å². The third-order valence-corrected chi connectivity index (χ3v) is 3.43.